The van der Waals surface area contributed by atoms with Crippen molar-refractivity contribution in [2.24, 2.45) is 0 Å². The van der Waals surface area contributed by atoms with E-state index in [9.17, 15) is 14.4 Å². The molecule has 0 saturated carbocycles. The molecule has 2 N–H and O–H groups in total. The van der Waals surface area contributed by atoms with Gasteiger partial charge in [-0.1, -0.05) is 17.7 Å². The van der Waals surface area contributed by atoms with Crippen molar-refractivity contribution in [2.45, 2.75) is 13.8 Å². The Balaban J connectivity index is 2.03. The summed E-state index contributed by atoms with van der Waals surface area (Å²) in [5.41, 5.74) is 1.96. The Morgan fingerprint density at radius 1 is 1.22 bits per heavy atom. The van der Waals surface area contributed by atoms with Crippen molar-refractivity contribution in [3.05, 3.63) is 63.6 Å². The van der Waals surface area contributed by atoms with Crippen LogP contribution in [0.25, 0.3) is 0 Å². The molecule has 0 atom stereocenters. The molecule has 0 spiro atoms. The Morgan fingerprint density at radius 3 is 2.61 bits per heavy atom. The molecular weight excluding hydrogens is 300 g/mol. The van der Waals surface area contributed by atoms with Gasteiger partial charge < -0.3 is 15.3 Å². The van der Waals surface area contributed by atoms with Crippen LogP contribution >= 0.6 is 0 Å². The van der Waals surface area contributed by atoms with Crippen LogP contribution in [0.3, 0.4) is 0 Å². The van der Waals surface area contributed by atoms with Gasteiger partial charge in [-0.05, 0) is 31.5 Å². The molecule has 0 aliphatic rings. The Morgan fingerprint density at radius 2 is 1.96 bits per heavy atom. The fourth-order valence-corrected chi connectivity index (χ4v) is 1.96. The van der Waals surface area contributed by atoms with E-state index in [0.717, 1.165) is 28.1 Å². The predicted molar refractivity (Wildman–Crippen MR) is 83.7 cm³/mol. The largest absolute Gasteiger partial charge is 0.478 e. The predicted octanol–water partition coefficient (Wildman–Crippen LogP) is 1.23. The van der Waals surface area contributed by atoms with Crippen molar-refractivity contribution in [2.75, 3.05) is 11.9 Å². The van der Waals surface area contributed by atoms with Gasteiger partial charge in [-0.15, -0.1) is 0 Å². The average Bonchev–Trinajstić information content (AvgIpc) is 2.49. The SMILES string of the molecule is Cc1ccc(NC(=O)COn2cc(C(=O)O)ccc2=O)c(C)c1. The second-order valence-electron chi connectivity index (χ2n) is 5.03. The van der Waals surface area contributed by atoms with Crippen molar-refractivity contribution in [1.29, 1.82) is 0 Å². The number of hydrogen-bond donors (Lipinski definition) is 2. The molecule has 1 aromatic carbocycles. The molecular formula is C16H16N2O5. The molecule has 1 heterocycles. The maximum absolute atomic E-state index is 11.9. The van der Waals surface area contributed by atoms with E-state index in [1.165, 1.54) is 6.07 Å². The second-order valence-corrected chi connectivity index (χ2v) is 5.03. The molecule has 0 saturated heterocycles. The highest BCUT2D eigenvalue weighted by molar-refractivity contribution is 5.92. The summed E-state index contributed by atoms with van der Waals surface area (Å²) in [7, 11) is 0. The van der Waals surface area contributed by atoms with Crippen LogP contribution in [-0.2, 0) is 4.79 Å². The minimum atomic E-state index is -1.19. The zero-order chi connectivity index (χ0) is 17.0. The number of carbonyl (C=O) groups is 2. The lowest BCUT2D eigenvalue weighted by molar-refractivity contribution is -0.120. The monoisotopic (exact) mass is 316 g/mol. The van der Waals surface area contributed by atoms with Crippen LogP contribution in [0.5, 0.6) is 0 Å². The van der Waals surface area contributed by atoms with E-state index in [-0.39, 0.29) is 5.56 Å². The van der Waals surface area contributed by atoms with Gasteiger partial charge in [0, 0.05) is 11.8 Å². The van der Waals surface area contributed by atoms with Crippen LogP contribution < -0.4 is 15.7 Å². The van der Waals surface area contributed by atoms with Crippen LogP contribution in [0.4, 0.5) is 5.69 Å². The van der Waals surface area contributed by atoms with Crippen molar-refractivity contribution >= 4 is 17.6 Å². The van der Waals surface area contributed by atoms with Gasteiger partial charge in [0.05, 0.1) is 11.8 Å². The zero-order valence-corrected chi connectivity index (χ0v) is 12.7. The summed E-state index contributed by atoms with van der Waals surface area (Å²) in [6, 6.07) is 7.80. The van der Waals surface area contributed by atoms with Gasteiger partial charge in [-0.25, -0.2) is 4.79 Å². The van der Waals surface area contributed by atoms with Crippen molar-refractivity contribution < 1.29 is 19.5 Å². The molecule has 7 nitrogen and oxygen atoms in total. The van der Waals surface area contributed by atoms with Crippen molar-refractivity contribution in [3.8, 4) is 0 Å². The number of carboxylic acids is 1. The Bertz CT molecular complexity index is 810. The summed E-state index contributed by atoms with van der Waals surface area (Å²) in [5.74, 6) is -1.65. The number of rotatable bonds is 5. The molecule has 0 unspecified atom stereocenters. The number of carbonyl (C=O) groups excluding carboxylic acids is 1. The van der Waals surface area contributed by atoms with Gasteiger partial charge in [0.15, 0.2) is 6.61 Å². The molecule has 1 aromatic heterocycles. The van der Waals surface area contributed by atoms with Crippen LogP contribution in [0.1, 0.15) is 21.5 Å². The quantitative estimate of drug-likeness (QED) is 0.864. The van der Waals surface area contributed by atoms with Crippen molar-refractivity contribution in [1.82, 2.24) is 4.73 Å². The van der Waals surface area contributed by atoms with Gasteiger partial charge >= 0.3 is 5.97 Å². The van der Waals surface area contributed by atoms with Crippen molar-refractivity contribution in [3.63, 3.8) is 0 Å². The summed E-state index contributed by atoms with van der Waals surface area (Å²) in [6.45, 7) is 3.39. The highest BCUT2D eigenvalue weighted by Crippen LogP contribution is 2.15. The van der Waals surface area contributed by atoms with Gasteiger partial charge in [-0.3, -0.25) is 9.59 Å². The standard InChI is InChI=1S/C16H16N2O5/c1-10-3-5-13(11(2)7-10)17-14(19)9-23-18-8-12(16(21)22)4-6-15(18)20/h3-8H,9H2,1-2H3,(H,17,19)(H,21,22). The third kappa shape index (κ3) is 4.19. The first-order chi connectivity index (χ1) is 10.9. The number of aromatic carboxylic acids is 1. The van der Waals surface area contributed by atoms with Crippen LogP contribution in [0.2, 0.25) is 0 Å². The number of nitrogens with zero attached hydrogens (tertiary/aromatic N) is 1. The van der Waals surface area contributed by atoms with E-state index in [2.05, 4.69) is 5.32 Å². The topological polar surface area (TPSA) is 97.6 Å². The van der Waals surface area contributed by atoms with E-state index < -0.39 is 24.0 Å². The fourth-order valence-electron chi connectivity index (χ4n) is 1.96. The van der Waals surface area contributed by atoms with Gasteiger partial charge in [0.1, 0.15) is 0 Å². The third-order valence-electron chi connectivity index (χ3n) is 3.12. The van der Waals surface area contributed by atoms with Gasteiger partial charge in [0.25, 0.3) is 11.5 Å². The molecule has 0 aliphatic carbocycles. The molecule has 0 aliphatic heterocycles. The minimum Gasteiger partial charge on any atom is -0.478 e. The molecule has 7 heteroatoms. The number of benzene rings is 1. The maximum Gasteiger partial charge on any atom is 0.337 e. The van der Waals surface area contributed by atoms with E-state index in [1.54, 1.807) is 6.07 Å². The summed E-state index contributed by atoms with van der Waals surface area (Å²) in [5, 5.41) is 11.5. The number of hydrogen-bond acceptors (Lipinski definition) is 4. The number of amides is 1. The van der Waals surface area contributed by atoms with E-state index in [4.69, 9.17) is 9.94 Å². The summed E-state index contributed by atoms with van der Waals surface area (Å²) >= 11 is 0. The van der Waals surface area contributed by atoms with E-state index in [1.807, 2.05) is 26.0 Å². The highest BCUT2D eigenvalue weighted by atomic mass is 16.7. The first kappa shape index (κ1) is 16.3. The van der Waals surface area contributed by atoms with E-state index in [0.29, 0.717) is 5.69 Å². The second kappa shape index (κ2) is 6.78. The highest BCUT2D eigenvalue weighted by Gasteiger charge is 2.09. The first-order valence-corrected chi connectivity index (χ1v) is 6.83. The molecule has 2 aromatic rings. The van der Waals surface area contributed by atoms with E-state index >= 15 is 0 Å². The Hall–Kier alpha value is -3.09. The van der Waals surface area contributed by atoms with Crippen LogP contribution in [0.15, 0.2) is 41.3 Å². The van der Waals surface area contributed by atoms with Crippen LogP contribution in [-0.4, -0.2) is 28.3 Å². The zero-order valence-electron chi connectivity index (χ0n) is 12.7. The average molecular weight is 316 g/mol. The molecule has 120 valence electrons. The minimum absolute atomic E-state index is 0.112. The van der Waals surface area contributed by atoms with Gasteiger partial charge in [0.2, 0.25) is 0 Å². The number of nitrogens with one attached hydrogen (secondary N) is 1. The number of aryl methyl sites for hydroxylation is 2. The smallest absolute Gasteiger partial charge is 0.337 e. The lowest BCUT2D eigenvalue weighted by atomic mass is 10.1. The lowest BCUT2D eigenvalue weighted by Gasteiger charge is -2.11. The maximum atomic E-state index is 11.9. The van der Waals surface area contributed by atoms with Crippen LogP contribution in [0, 0.1) is 13.8 Å². The number of pyridine rings is 1. The molecule has 0 bridgehead atoms. The molecule has 0 fully saturated rings. The fraction of sp³-hybridized carbons (Fsp3) is 0.188. The Kier molecular flexibility index (Phi) is 4.80. The molecule has 0 radical (unpaired) electrons. The lowest BCUT2D eigenvalue weighted by Crippen LogP contribution is -2.32. The normalized spacial score (nSPS) is 10.2. The molecule has 2 rings (SSSR count). The number of carboxylic acid groups (broad SMARTS) is 1. The summed E-state index contributed by atoms with van der Waals surface area (Å²) in [6.07, 6.45) is 1.02. The molecule has 1 amide bonds. The summed E-state index contributed by atoms with van der Waals surface area (Å²) < 4.78 is 0.727. The number of anilines is 1. The first-order valence-electron chi connectivity index (χ1n) is 6.83. The van der Waals surface area contributed by atoms with Gasteiger partial charge in [-0.2, -0.15) is 4.73 Å². The third-order valence-corrected chi connectivity index (χ3v) is 3.12. The number of aromatic nitrogens is 1. The Labute approximate surface area is 132 Å². The molecule has 23 heavy (non-hydrogen) atoms. The summed E-state index contributed by atoms with van der Waals surface area (Å²) in [4.78, 5) is 39.4.